The first kappa shape index (κ1) is 12.8. The fourth-order valence-electron chi connectivity index (χ4n) is 1.93. The van der Waals surface area contributed by atoms with E-state index in [0.717, 1.165) is 31.4 Å². The Bertz CT molecular complexity index is 355. The molecule has 0 aliphatic heterocycles. The van der Waals surface area contributed by atoms with Gasteiger partial charge in [-0.2, -0.15) is 0 Å². The zero-order valence-corrected chi connectivity index (χ0v) is 10.4. The summed E-state index contributed by atoms with van der Waals surface area (Å²) in [5.41, 5.74) is 1.56. The van der Waals surface area contributed by atoms with E-state index in [1.54, 1.807) is 6.07 Å². The quantitative estimate of drug-likeness (QED) is 0.802. The zero-order valence-electron chi connectivity index (χ0n) is 10.4. The Morgan fingerprint density at radius 3 is 2.62 bits per heavy atom. The van der Waals surface area contributed by atoms with Crippen LogP contribution in [0.3, 0.4) is 0 Å². The molecule has 0 saturated carbocycles. The molecule has 1 aromatic heterocycles. The van der Waals surface area contributed by atoms with Crippen molar-refractivity contribution in [2.45, 2.75) is 52.5 Å². The normalized spacial score (nSPS) is 12.7. The van der Waals surface area contributed by atoms with Gasteiger partial charge in [0.25, 0.3) is 0 Å². The van der Waals surface area contributed by atoms with E-state index in [-0.39, 0.29) is 6.04 Å². The van der Waals surface area contributed by atoms with Crippen LogP contribution in [0, 0.1) is 0 Å². The molecule has 1 N–H and O–H groups in total. The fraction of sp³-hybridized carbons (Fsp3) is 0.615. The van der Waals surface area contributed by atoms with Crippen LogP contribution < -0.4 is 0 Å². The highest BCUT2D eigenvalue weighted by atomic mass is 16.4. The molecule has 16 heavy (non-hydrogen) atoms. The Morgan fingerprint density at radius 2 is 2.12 bits per heavy atom. The summed E-state index contributed by atoms with van der Waals surface area (Å²) >= 11 is 0. The molecular formula is C13H21NO2. The smallest absolute Gasteiger partial charge is 0.352 e. The van der Waals surface area contributed by atoms with E-state index < -0.39 is 5.97 Å². The van der Waals surface area contributed by atoms with E-state index in [2.05, 4.69) is 20.8 Å². The lowest BCUT2D eigenvalue weighted by molar-refractivity contribution is 0.0682. The summed E-state index contributed by atoms with van der Waals surface area (Å²) < 4.78 is 1.97. The van der Waals surface area contributed by atoms with Crippen LogP contribution in [0.25, 0.3) is 0 Å². The number of aryl methyl sites for hydroxylation is 1. The molecule has 3 nitrogen and oxygen atoms in total. The molecule has 3 heteroatoms. The zero-order chi connectivity index (χ0) is 12.1. The minimum atomic E-state index is -0.831. The van der Waals surface area contributed by atoms with Gasteiger partial charge in [-0.05, 0) is 38.3 Å². The third-order valence-corrected chi connectivity index (χ3v) is 3.04. The van der Waals surface area contributed by atoms with Gasteiger partial charge in [0.15, 0.2) is 0 Å². The van der Waals surface area contributed by atoms with Gasteiger partial charge in [-0.15, -0.1) is 0 Å². The summed E-state index contributed by atoms with van der Waals surface area (Å²) in [6.07, 6.45) is 4.16. The number of aromatic carboxylic acids is 1. The number of unbranched alkanes of at least 4 members (excludes halogenated alkanes) is 1. The van der Waals surface area contributed by atoms with Gasteiger partial charge >= 0.3 is 5.97 Å². The van der Waals surface area contributed by atoms with E-state index in [1.807, 2.05) is 10.6 Å². The molecule has 1 rings (SSSR count). The van der Waals surface area contributed by atoms with Crippen LogP contribution in [0.2, 0.25) is 0 Å². The molecule has 0 aromatic carbocycles. The number of aromatic nitrogens is 1. The van der Waals surface area contributed by atoms with E-state index in [4.69, 9.17) is 5.11 Å². The Balaban J connectivity index is 3.04. The average Bonchev–Trinajstić information content (AvgIpc) is 2.69. The highest BCUT2D eigenvalue weighted by Gasteiger charge is 2.16. The van der Waals surface area contributed by atoms with Crippen LogP contribution in [-0.2, 0) is 6.42 Å². The minimum absolute atomic E-state index is 0.257. The SMILES string of the molecule is CCCCc1ccc(C(=O)O)n1[C@H](C)CC. The van der Waals surface area contributed by atoms with Crippen molar-refractivity contribution in [3.05, 3.63) is 23.5 Å². The van der Waals surface area contributed by atoms with Crippen molar-refractivity contribution in [1.82, 2.24) is 4.57 Å². The predicted molar refractivity (Wildman–Crippen MR) is 65.0 cm³/mol. The molecule has 0 saturated heterocycles. The Hall–Kier alpha value is -1.25. The summed E-state index contributed by atoms with van der Waals surface area (Å²) in [5.74, 6) is -0.831. The highest BCUT2D eigenvalue weighted by Crippen LogP contribution is 2.20. The Morgan fingerprint density at radius 1 is 1.44 bits per heavy atom. The molecule has 90 valence electrons. The molecule has 0 aliphatic carbocycles. The summed E-state index contributed by atoms with van der Waals surface area (Å²) in [6.45, 7) is 6.30. The topological polar surface area (TPSA) is 42.2 Å². The first-order chi connectivity index (χ1) is 7.61. The van der Waals surface area contributed by atoms with Crippen molar-refractivity contribution in [2.24, 2.45) is 0 Å². The molecule has 0 bridgehead atoms. The number of hydrogen-bond donors (Lipinski definition) is 1. The van der Waals surface area contributed by atoms with Crippen LogP contribution in [0.5, 0.6) is 0 Å². The molecule has 1 heterocycles. The Kier molecular flexibility index (Phi) is 4.59. The van der Waals surface area contributed by atoms with Crippen LogP contribution in [0.1, 0.15) is 62.3 Å². The second kappa shape index (κ2) is 5.73. The van der Waals surface area contributed by atoms with Crippen LogP contribution in [0.15, 0.2) is 12.1 Å². The van der Waals surface area contributed by atoms with Crippen molar-refractivity contribution in [2.75, 3.05) is 0 Å². The second-order valence-corrected chi connectivity index (χ2v) is 4.25. The van der Waals surface area contributed by atoms with Gasteiger partial charge in [-0.25, -0.2) is 4.79 Å². The van der Waals surface area contributed by atoms with Crippen molar-refractivity contribution < 1.29 is 9.90 Å². The molecule has 1 atom stereocenters. The summed E-state index contributed by atoms with van der Waals surface area (Å²) in [6, 6.07) is 3.93. The molecule has 0 amide bonds. The maximum Gasteiger partial charge on any atom is 0.352 e. The molecule has 0 radical (unpaired) electrons. The monoisotopic (exact) mass is 223 g/mol. The van der Waals surface area contributed by atoms with Crippen molar-refractivity contribution in [1.29, 1.82) is 0 Å². The van der Waals surface area contributed by atoms with Crippen molar-refractivity contribution >= 4 is 5.97 Å². The third kappa shape index (κ3) is 2.65. The number of carboxylic acid groups (broad SMARTS) is 1. The van der Waals surface area contributed by atoms with E-state index in [0.29, 0.717) is 5.69 Å². The average molecular weight is 223 g/mol. The first-order valence-corrected chi connectivity index (χ1v) is 6.05. The van der Waals surface area contributed by atoms with Crippen molar-refractivity contribution in [3.63, 3.8) is 0 Å². The van der Waals surface area contributed by atoms with Crippen LogP contribution in [0.4, 0.5) is 0 Å². The molecule has 0 unspecified atom stereocenters. The molecular weight excluding hydrogens is 202 g/mol. The third-order valence-electron chi connectivity index (χ3n) is 3.04. The minimum Gasteiger partial charge on any atom is -0.477 e. The first-order valence-electron chi connectivity index (χ1n) is 6.05. The summed E-state index contributed by atoms with van der Waals surface area (Å²) in [7, 11) is 0. The van der Waals surface area contributed by atoms with E-state index in [1.165, 1.54) is 0 Å². The van der Waals surface area contributed by atoms with Crippen LogP contribution in [-0.4, -0.2) is 15.6 Å². The predicted octanol–water partition coefficient (Wildman–Crippen LogP) is 3.50. The molecule has 0 aliphatic rings. The van der Waals surface area contributed by atoms with Gasteiger partial charge in [0, 0.05) is 11.7 Å². The lowest BCUT2D eigenvalue weighted by Crippen LogP contribution is -2.14. The Labute approximate surface area is 97.1 Å². The van der Waals surface area contributed by atoms with Gasteiger partial charge < -0.3 is 9.67 Å². The molecule has 0 fully saturated rings. The lowest BCUT2D eigenvalue weighted by Gasteiger charge is -2.17. The van der Waals surface area contributed by atoms with Gasteiger partial charge in [-0.1, -0.05) is 20.3 Å². The van der Waals surface area contributed by atoms with E-state index in [9.17, 15) is 4.79 Å². The molecule has 1 aromatic rings. The standard InChI is InChI=1S/C13H21NO2/c1-4-6-7-11-8-9-12(13(15)16)14(11)10(3)5-2/h8-10H,4-7H2,1-3H3,(H,15,16)/t10-/m1/s1. The summed E-state index contributed by atoms with van der Waals surface area (Å²) in [5, 5.41) is 9.13. The largest absolute Gasteiger partial charge is 0.477 e. The van der Waals surface area contributed by atoms with Crippen molar-refractivity contribution in [3.8, 4) is 0 Å². The van der Waals surface area contributed by atoms with Gasteiger partial charge in [0.1, 0.15) is 5.69 Å². The van der Waals surface area contributed by atoms with Crippen LogP contribution >= 0.6 is 0 Å². The van der Waals surface area contributed by atoms with Gasteiger partial charge in [0.05, 0.1) is 0 Å². The van der Waals surface area contributed by atoms with Gasteiger partial charge in [0.2, 0.25) is 0 Å². The number of nitrogens with zero attached hydrogens (tertiary/aromatic N) is 1. The van der Waals surface area contributed by atoms with E-state index >= 15 is 0 Å². The molecule has 0 spiro atoms. The maximum absolute atomic E-state index is 11.1. The number of carboxylic acids is 1. The summed E-state index contributed by atoms with van der Waals surface area (Å²) in [4.78, 5) is 11.1. The second-order valence-electron chi connectivity index (χ2n) is 4.25. The number of rotatable bonds is 6. The van der Waals surface area contributed by atoms with Gasteiger partial charge in [-0.3, -0.25) is 0 Å². The lowest BCUT2D eigenvalue weighted by atomic mass is 10.2. The fourth-order valence-corrected chi connectivity index (χ4v) is 1.93. The maximum atomic E-state index is 11.1. The highest BCUT2D eigenvalue weighted by molar-refractivity contribution is 5.86. The number of hydrogen-bond acceptors (Lipinski definition) is 1. The number of carbonyl (C=O) groups is 1.